The number of halogens is 2. The average Bonchev–Trinajstić information content (AvgIpc) is 0. The molecule has 0 unspecified atom stereocenters. The standard InChI is InChI=1S/2ClH.9H2O.Zr/h2*1H;9*1H2;/q;;;;;;;;;;;+2/p-2. The molecule has 0 fully saturated rings. The Bertz CT molecular complexity index is 12.5. The summed E-state index contributed by atoms with van der Waals surface area (Å²) in [4.78, 5) is 0. The maximum atomic E-state index is 0. The maximum absolute atomic E-state index is 0. The van der Waals surface area contributed by atoms with Gasteiger partial charge in [0.05, 0.1) is 0 Å². The SMILES string of the molecule is O.O.O.O.O.O.O.O.O.[Cl-].[Cl-].[Zr+2]. The van der Waals surface area contributed by atoms with Crippen LogP contribution in [0.1, 0.15) is 0 Å². The van der Waals surface area contributed by atoms with Gasteiger partial charge in [-0.05, 0) is 0 Å². The Morgan fingerprint density at radius 3 is 0.250 bits per heavy atom. The smallest absolute Gasteiger partial charge is 1.00 e. The third kappa shape index (κ3) is 931. The first-order chi connectivity index (χ1) is 0. The molecule has 0 aromatic rings. The quantitative estimate of drug-likeness (QED) is 0.400. The Morgan fingerprint density at radius 2 is 0.250 bits per heavy atom. The van der Waals surface area contributed by atoms with Crippen molar-refractivity contribution in [3.8, 4) is 0 Å². The summed E-state index contributed by atoms with van der Waals surface area (Å²) in [6.07, 6.45) is 0. The number of rotatable bonds is 0. The summed E-state index contributed by atoms with van der Waals surface area (Å²) >= 11 is 0. The van der Waals surface area contributed by atoms with Crippen molar-refractivity contribution in [1.29, 1.82) is 0 Å². The summed E-state index contributed by atoms with van der Waals surface area (Å²) in [6, 6.07) is 0. The fourth-order valence-electron chi connectivity index (χ4n) is 0. The van der Waals surface area contributed by atoms with Crippen LogP contribution < -0.4 is 24.8 Å². The Hall–Kier alpha value is 1.10. The fourth-order valence-corrected chi connectivity index (χ4v) is 0. The van der Waals surface area contributed by atoms with E-state index < -0.39 is 0 Å². The molecule has 0 aromatic heterocycles. The van der Waals surface area contributed by atoms with Crippen LogP contribution in [0.15, 0.2) is 0 Å². The minimum absolute atomic E-state index is 0. The van der Waals surface area contributed by atoms with Crippen molar-refractivity contribution in [3.05, 3.63) is 0 Å². The van der Waals surface area contributed by atoms with Crippen LogP contribution >= 0.6 is 0 Å². The summed E-state index contributed by atoms with van der Waals surface area (Å²) in [5.41, 5.74) is 0. The van der Waals surface area contributed by atoms with Gasteiger partial charge in [-0.25, -0.2) is 0 Å². The third-order valence-corrected chi connectivity index (χ3v) is 0. The molecular formula is H18Cl2O9Zr. The van der Waals surface area contributed by atoms with Crippen molar-refractivity contribution in [2.24, 2.45) is 0 Å². The van der Waals surface area contributed by atoms with Gasteiger partial charge in [-0.1, -0.05) is 0 Å². The molecular weight excluding hydrogens is 306 g/mol. The van der Waals surface area contributed by atoms with E-state index in [2.05, 4.69) is 0 Å². The zero-order valence-corrected chi connectivity index (χ0v) is 9.73. The topological polar surface area (TPSA) is 284 Å². The van der Waals surface area contributed by atoms with E-state index in [0.717, 1.165) is 0 Å². The molecule has 0 aliphatic carbocycles. The van der Waals surface area contributed by atoms with Gasteiger partial charge in [0.2, 0.25) is 0 Å². The minimum atomic E-state index is 0. The van der Waals surface area contributed by atoms with Gasteiger partial charge in [-0.3, -0.25) is 0 Å². The summed E-state index contributed by atoms with van der Waals surface area (Å²) < 4.78 is 0. The Morgan fingerprint density at radius 1 is 0.250 bits per heavy atom. The van der Waals surface area contributed by atoms with Crippen LogP contribution in [0.3, 0.4) is 0 Å². The zero-order chi connectivity index (χ0) is 0. The second kappa shape index (κ2) is 1230. The molecule has 0 saturated heterocycles. The van der Waals surface area contributed by atoms with E-state index in [1.165, 1.54) is 0 Å². The Labute approximate surface area is 100 Å². The largest absolute Gasteiger partial charge is 2.00 e. The first kappa shape index (κ1) is 1580. The van der Waals surface area contributed by atoms with Gasteiger partial charge in [-0.2, -0.15) is 0 Å². The second-order valence-electron chi connectivity index (χ2n) is 0. The van der Waals surface area contributed by atoms with E-state index >= 15 is 0 Å². The summed E-state index contributed by atoms with van der Waals surface area (Å²) in [7, 11) is 0. The Balaban J connectivity index is 0. The van der Waals surface area contributed by atoms with E-state index in [4.69, 9.17) is 0 Å². The molecule has 9 nitrogen and oxygen atoms in total. The molecule has 0 bridgehead atoms. The molecule has 0 aromatic carbocycles. The van der Waals surface area contributed by atoms with Gasteiger partial charge in [0.15, 0.2) is 0 Å². The van der Waals surface area contributed by atoms with Gasteiger partial charge in [-0.15, -0.1) is 0 Å². The number of hydrogen-bond donors (Lipinski definition) is 0. The van der Waals surface area contributed by atoms with Gasteiger partial charge in [0.1, 0.15) is 0 Å². The molecule has 0 radical (unpaired) electrons. The van der Waals surface area contributed by atoms with Crippen molar-refractivity contribution in [2.75, 3.05) is 0 Å². The van der Waals surface area contributed by atoms with Gasteiger partial charge in [0.25, 0.3) is 0 Å². The summed E-state index contributed by atoms with van der Waals surface area (Å²) in [5.74, 6) is 0. The molecule has 0 rings (SSSR count). The van der Waals surface area contributed by atoms with Crippen molar-refractivity contribution in [3.63, 3.8) is 0 Å². The van der Waals surface area contributed by atoms with Crippen LogP contribution in [-0.4, -0.2) is 49.3 Å². The second-order valence-corrected chi connectivity index (χ2v) is 0. The predicted molar refractivity (Wildman–Crippen MR) is 32.5 cm³/mol. The monoisotopic (exact) mass is 322 g/mol. The molecule has 18 N–H and O–H groups in total. The molecule has 0 amide bonds. The maximum Gasteiger partial charge on any atom is 2.00 e. The van der Waals surface area contributed by atoms with E-state index in [9.17, 15) is 0 Å². The van der Waals surface area contributed by atoms with E-state index in [0.29, 0.717) is 0 Å². The van der Waals surface area contributed by atoms with Gasteiger partial charge < -0.3 is 74.1 Å². The molecule has 12 heavy (non-hydrogen) atoms. The molecule has 0 aliphatic rings. The van der Waals surface area contributed by atoms with E-state index in [1.54, 1.807) is 0 Å². The van der Waals surface area contributed by atoms with Crippen molar-refractivity contribution in [2.45, 2.75) is 0 Å². The van der Waals surface area contributed by atoms with Crippen LogP contribution in [0.5, 0.6) is 0 Å². The first-order valence-electron chi connectivity index (χ1n) is 0. The van der Waals surface area contributed by atoms with E-state index in [1.807, 2.05) is 0 Å². The molecule has 0 spiro atoms. The van der Waals surface area contributed by atoms with Crippen LogP contribution in [0.2, 0.25) is 0 Å². The molecule has 0 saturated carbocycles. The van der Waals surface area contributed by atoms with Crippen LogP contribution in [0.4, 0.5) is 0 Å². The third-order valence-electron chi connectivity index (χ3n) is 0. The van der Waals surface area contributed by atoms with Crippen molar-refractivity contribution < 1.29 is 100 Å². The molecule has 0 atom stereocenters. The van der Waals surface area contributed by atoms with Crippen LogP contribution in [0, 0.1) is 0 Å². The Kier molecular flexibility index (Phi) is 161000. The first-order valence-corrected chi connectivity index (χ1v) is 0. The van der Waals surface area contributed by atoms with Gasteiger partial charge in [0, 0.05) is 0 Å². The molecule has 0 aliphatic heterocycles. The minimum Gasteiger partial charge on any atom is -1.00 e. The molecule has 90 valence electrons. The number of hydrogen-bond acceptors (Lipinski definition) is 0. The van der Waals surface area contributed by atoms with E-state index in [-0.39, 0.29) is 100 Å². The van der Waals surface area contributed by atoms with Crippen LogP contribution in [0.25, 0.3) is 0 Å². The average molecular weight is 324 g/mol. The fraction of sp³-hybridized carbons (Fsp3) is 0. The molecule has 0 heterocycles. The zero-order valence-electron chi connectivity index (χ0n) is 5.76. The molecule has 12 heteroatoms. The summed E-state index contributed by atoms with van der Waals surface area (Å²) in [6.45, 7) is 0. The van der Waals surface area contributed by atoms with Gasteiger partial charge >= 0.3 is 26.2 Å². The van der Waals surface area contributed by atoms with Crippen LogP contribution in [-0.2, 0) is 26.2 Å². The van der Waals surface area contributed by atoms with Crippen molar-refractivity contribution in [1.82, 2.24) is 0 Å². The summed E-state index contributed by atoms with van der Waals surface area (Å²) in [5, 5.41) is 0. The normalized spacial score (nSPS) is 0. The predicted octanol–water partition coefficient (Wildman–Crippen LogP) is -13.4. The van der Waals surface area contributed by atoms with Crippen molar-refractivity contribution >= 4 is 0 Å².